The molecule has 0 spiro atoms. The molecule has 1 fully saturated rings. The van der Waals surface area contributed by atoms with Crippen LogP contribution in [-0.4, -0.2) is 5.78 Å². The highest BCUT2D eigenvalue weighted by Crippen LogP contribution is 2.49. The van der Waals surface area contributed by atoms with Crippen LogP contribution < -0.4 is 0 Å². The van der Waals surface area contributed by atoms with E-state index in [-0.39, 0.29) is 17.0 Å². The van der Waals surface area contributed by atoms with Gasteiger partial charge < -0.3 is 0 Å². The van der Waals surface area contributed by atoms with Crippen molar-refractivity contribution in [2.45, 2.75) is 31.6 Å². The number of halogens is 1. The van der Waals surface area contributed by atoms with Gasteiger partial charge in [-0.1, -0.05) is 19.1 Å². The van der Waals surface area contributed by atoms with E-state index in [2.05, 4.69) is 0 Å². The molecule has 0 aliphatic heterocycles. The van der Waals surface area contributed by atoms with E-state index in [4.69, 9.17) is 0 Å². The fourth-order valence-corrected chi connectivity index (χ4v) is 1.96. The van der Waals surface area contributed by atoms with Gasteiger partial charge >= 0.3 is 0 Å². The second kappa shape index (κ2) is 3.19. The molecule has 0 heterocycles. The van der Waals surface area contributed by atoms with Gasteiger partial charge in [0.05, 0.1) is 5.41 Å². The Hall–Kier alpha value is -1.18. The molecule has 0 atom stereocenters. The third-order valence-corrected chi connectivity index (χ3v) is 3.00. The van der Waals surface area contributed by atoms with E-state index in [1.165, 1.54) is 12.1 Å². The quantitative estimate of drug-likeness (QED) is 0.719. The first-order valence-electron chi connectivity index (χ1n) is 4.98. The molecule has 2 rings (SSSR count). The number of Topliss-reactive ketones (excluding diaryl/α,β-unsaturated/α-hetero) is 1. The third kappa shape index (κ3) is 1.35. The van der Waals surface area contributed by atoms with E-state index >= 15 is 0 Å². The third-order valence-electron chi connectivity index (χ3n) is 3.00. The van der Waals surface area contributed by atoms with Crippen LogP contribution in [0.5, 0.6) is 0 Å². The molecule has 0 amide bonds. The summed E-state index contributed by atoms with van der Waals surface area (Å²) < 4.78 is 12.7. The van der Waals surface area contributed by atoms with Crippen LogP contribution in [0.15, 0.2) is 24.3 Å². The molecule has 2 heteroatoms. The van der Waals surface area contributed by atoms with Gasteiger partial charge in [-0.2, -0.15) is 0 Å². The van der Waals surface area contributed by atoms with Crippen LogP contribution in [0.2, 0.25) is 0 Å². The van der Waals surface area contributed by atoms with E-state index in [9.17, 15) is 9.18 Å². The normalized spacial score (nSPS) is 17.9. The number of benzene rings is 1. The van der Waals surface area contributed by atoms with Crippen molar-refractivity contribution < 1.29 is 9.18 Å². The Balaban J connectivity index is 2.31. The summed E-state index contributed by atoms with van der Waals surface area (Å²) in [5, 5.41) is 0. The average molecular weight is 192 g/mol. The predicted octanol–water partition coefficient (Wildman–Crippen LogP) is 2.84. The molecule has 1 nitrogen and oxygen atoms in total. The molecule has 74 valence electrons. The Morgan fingerprint density at radius 3 is 2.36 bits per heavy atom. The number of ketones is 1. The van der Waals surface area contributed by atoms with Crippen molar-refractivity contribution in [3.63, 3.8) is 0 Å². The number of hydrogen-bond donors (Lipinski definition) is 0. The zero-order chi connectivity index (χ0) is 10.2. The summed E-state index contributed by atoms with van der Waals surface area (Å²) >= 11 is 0. The monoisotopic (exact) mass is 192 g/mol. The highest BCUT2D eigenvalue weighted by Gasteiger charge is 2.49. The highest BCUT2D eigenvalue weighted by molar-refractivity contribution is 5.92. The van der Waals surface area contributed by atoms with E-state index in [0.29, 0.717) is 6.42 Å². The highest BCUT2D eigenvalue weighted by atomic mass is 19.1. The average Bonchev–Trinajstić information content (AvgIpc) is 2.99. The lowest BCUT2D eigenvalue weighted by atomic mass is 9.90. The Morgan fingerprint density at radius 1 is 1.36 bits per heavy atom. The number of carbonyl (C=O) groups is 1. The fourth-order valence-electron chi connectivity index (χ4n) is 1.96. The second-order valence-electron chi connectivity index (χ2n) is 3.87. The van der Waals surface area contributed by atoms with Crippen LogP contribution in [0.3, 0.4) is 0 Å². The van der Waals surface area contributed by atoms with Crippen molar-refractivity contribution in [2.24, 2.45) is 0 Å². The van der Waals surface area contributed by atoms with Gasteiger partial charge in [-0.05, 0) is 30.5 Å². The van der Waals surface area contributed by atoms with Crippen molar-refractivity contribution in [1.82, 2.24) is 0 Å². The Labute approximate surface area is 82.9 Å². The molecule has 0 N–H and O–H groups in total. The number of carbonyl (C=O) groups excluding carboxylic acids is 1. The van der Waals surface area contributed by atoms with E-state index in [0.717, 1.165) is 18.4 Å². The minimum absolute atomic E-state index is 0.242. The molecule has 0 saturated heterocycles. The molecule has 0 unspecified atom stereocenters. The Bertz CT molecular complexity index is 349. The molecule has 0 radical (unpaired) electrons. The van der Waals surface area contributed by atoms with Crippen LogP contribution >= 0.6 is 0 Å². The first kappa shape index (κ1) is 9.38. The van der Waals surface area contributed by atoms with Gasteiger partial charge in [0.15, 0.2) is 0 Å². The molecule has 0 bridgehead atoms. The molecule has 1 saturated carbocycles. The van der Waals surface area contributed by atoms with E-state index in [1.807, 2.05) is 6.92 Å². The van der Waals surface area contributed by atoms with E-state index < -0.39 is 0 Å². The molecule has 14 heavy (non-hydrogen) atoms. The molecule has 1 aromatic rings. The summed E-state index contributed by atoms with van der Waals surface area (Å²) in [7, 11) is 0. The Morgan fingerprint density at radius 2 is 1.93 bits per heavy atom. The molecular weight excluding hydrogens is 179 g/mol. The first-order valence-corrected chi connectivity index (χ1v) is 4.98. The summed E-state index contributed by atoms with van der Waals surface area (Å²) in [5.41, 5.74) is 0.716. The topological polar surface area (TPSA) is 17.1 Å². The maximum Gasteiger partial charge on any atom is 0.143 e. The smallest absolute Gasteiger partial charge is 0.143 e. The summed E-state index contributed by atoms with van der Waals surface area (Å²) in [6.45, 7) is 1.88. The van der Waals surface area contributed by atoms with Crippen molar-refractivity contribution in [3.05, 3.63) is 35.6 Å². The summed E-state index contributed by atoms with van der Waals surface area (Å²) in [6, 6.07) is 6.32. The minimum atomic E-state index is -0.261. The first-order chi connectivity index (χ1) is 6.69. The van der Waals surface area contributed by atoms with Crippen molar-refractivity contribution in [1.29, 1.82) is 0 Å². The van der Waals surface area contributed by atoms with Gasteiger partial charge in [0.25, 0.3) is 0 Å². The molecule has 0 aromatic heterocycles. The lowest BCUT2D eigenvalue weighted by Gasteiger charge is -2.12. The van der Waals surface area contributed by atoms with Gasteiger partial charge in [0.1, 0.15) is 11.6 Å². The standard InChI is InChI=1S/C12H13FO/c1-2-11(14)12(7-8-12)9-3-5-10(13)6-4-9/h3-6H,2,7-8H2,1H3. The fraction of sp³-hybridized carbons (Fsp3) is 0.417. The zero-order valence-electron chi connectivity index (χ0n) is 8.22. The lowest BCUT2D eigenvalue weighted by molar-refractivity contribution is -0.121. The predicted molar refractivity (Wildman–Crippen MR) is 52.6 cm³/mol. The van der Waals surface area contributed by atoms with Crippen LogP contribution in [0, 0.1) is 5.82 Å². The van der Waals surface area contributed by atoms with Crippen LogP contribution in [-0.2, 0) is 10.2 Å². The van der Waals surface area contributed by atoms with Crippen molar-refractivity contribution in [2.75, 3.05) is 0 Å². The summed E-state index contributed by atoms with van der Waals surface area (Å²) in [5.74, 6) is 0.0394. The van der Waals surface area contributed by atoms with E-state index in [1.54, 1.807) is 12.1 Å². The van der Waals surface area contributed by atoms with Crippen molar-refractivity contribution in [3.8, 4) is 0 Å². The maximum atomic E-state index is 12.7. The largest absolute Gasteiger partial charge is 0.299 e. The van der Waals surface area contributed by atoms with Gasteiger partial charge in [-0.25, -0.2) is 4.39 Å². The molecular formula is C12H13FO. The molecule has 1 aliphatic rings. The van der Waals surface area contributed by atoms with Gasteiger partial charge in [-0.3, -0.25) is 4.79 Å². The lowest BCUT2D eigenvalue weighted by Crippen LogP contribution is -2.19. The molecule has 1 aliphatic carbocycles. The maximum absolute atomic E-state index is 12.7. The van der Waals surface area contributed by atoms with Crippen molar-refractivity contribution >= 4 is 5.78 Å². The number of rotatable bonds is 3. The van der Waals surface area contributed by atoms with Gasteiger partial charge in [0, 0.05) is 6.42 Å². The van der Waals surface area contributed by atoms with Gasteiger partial charge in [-0.15, -0.1) is 0 Å². The minimum Gasteiger partial charge on any atom is -0.299 e. The van der Waals surface area contributed by atoms with Crippen LogP contribution in [0.4, 0.5) is 4.39 Å². The van der Waals surface area contributed by atoms with Crippen LogP contribution in [0.1, 0.15) is 31.7 Å². The van der Waals surface area contributed by atoms with Crippen LogP contribution in [0.25, 0.3) is 0 Å². The number of hydrogen-bond acceptors (Lipinski definition) is 1. The van der Waals surface area contributed by atoms with Gasteiger partial charge in [0.2, 0.25) is 0 Å². The Kier molecular flexibility index (Phi) is 2.14. The summed E-state index contributed by atoms with van der Waals surface area (Å²) in [4.78, 5) is 11.7. The zero-order valence-corrected chi connectivity index (χ0v) is 8.22. The SMILES string of the molecule is CCC(=O)C1(c2ccc(F)cc2)CC1. The molecule has 1 aromatic carbocycles. The summed E-state index contributed by atoms with van der Waals surface area (Å²) in [6.07, 6.45) is 2.41. The second-order valence-corrected chi connectivity index (χ2v) is 3.87.